The largest absolute Gasteiger partial charge is 0.496 e. The van der Waals surface area contributed by atoms with E-state index < -0.39 is 0 Å². The minimum atomic E-state index is 0.513. The Hall–Kier alpha value is -4.38. The van der Waals surface area contributed by atoms with Crippen molar-refractivity contribution in [2.75, 3.05) is 7.11 Å². The number of ether oxygens (including phenoxy) is 1. The molecule has 0 radical (unpaired) electrons. The van der Waals surface area contributed by atoms with Crippen LogP contribution in [0.2, 0.25) is 0 Å². The number of methoxy groups -OCH3 is 1. The number of aromatic nitrogens is 4. The van der Waals surface area contributed by atoms with Crippen LogP contribution in [0.3, 0.4) is 0 Å². The number of rotatable bonds is 3. The number of nitriles is 1. The van der Waals surface area contributed by atoms with Crippen molar-refractivity contribution in [1.82, 2.24) is 19.3 Å². The van der Waals surface area contributed by atoms with E-state index in [2.05, 4.69) is 10.1 Å². The molecule has 0 aliphatic rings. The van der Waals surface area contributed by atoms with Crippen molar-refractivity contribution < 1.29 is 9.26 Å². The Morgan fingerprint density at radius 1 is 1.12 bits per heavy atom. The molecule has 0 spiro atoms. The molecular formula is C25H22N6O2. The summed E-state index contributed by atoms with van der Waals surface area (Å²) in [5.74, 6) is 1.40. The van der Waals surface area contributed by atoms with Gasteiger partial charge >= 0.3 is 0 Å². The van der Waals surface area contributed by atoms with Crippen molar-refractivity contribution in [1.29, 1.82) is 5.26 Å². The maximum absolute atomic E-state index is 9.38. The van der Waals surface area contributed by atoms with Crippen molar-refractivity contribution in [2.24, 2.45) is 12.0 Å². The smallest absolute Gasteiger partial charge is 0.226 e. The summed E-state index contributed by atoms with van der Waals surface area (Å²) in [7, 11) is 3.53. The molecule has 0 saturated carbocycles. The normalized spacial score (nSPS) is 11.9. The van der Waals surface area contributed by atoms with E-state index in [4.69, 9.17) is 14.2 Å². The number of nitrogens with zero attached hydrogens (tertiary/aromatic N) is 6. The lowest BCUT2D eigenvalue weighted by atomic mass is 10.0. The predicted octanol–water partition coefficient (Wildman–Crippen LogP) is 4.49. The summed E-state index contributed by atoms with van der Waals surface area (Å²) in [6.45, 7) is 5.83. The quantitative estimate of drug-likeness (QED) is 0.387. The lowest BCUT2D eigenvalue weighted by Crippen LogP contribution is -2.22. The maximum Gasteiger partial charge on any atom is 0.226 e. The molecule has 2 aromatic carbocycles. The van der Waals surface area contributed by atoms with Crippen molar-refractivity contribution in [3.05, 3.63) is 65.2 Å². The van der Waals surface area contributed by atoms with Gasteiger partial charge in [-0.15, -0.1) is 4.99 Å². The van der Waals surface area contributed by atoms with Crippen molar-refractivity contribution in [3.63, 3.8) is 0 Å². The van der Waals surface area contributed by atoms with E-state index in [0.29, 0.717) is 11.4 Å². The van der Waals surface area contributed by atoms with Crippen LogP contribution in [0.25, 0.3) is 38.8 Å². The minimum Gasteiger partial charge on any atom is -0.496 e. The molecule has 5 aromatic rings. The van der Waals surface area contributed by atoms with E-state index in [1.807, 2.05) is 85.7 Å². The molecule has 0 aliphatic heterocycles. The first-order chi connectivity index (χ1) is 15.9. The Morgan fingerprint density at radius 3 is 2.52 bits per heavy atom. The molecule has 0 saturated heterocycles. The third-order valence-electron chi connectivity index (χ3n) is 5.97. The van der Waals surface area contributed by atoms with Crippen LogP contribution in [0.5, 0.6) is 5.75 Å². The van der Waals surface area contributed by atoms with Crippen LogP contribution < -0.4 is 10.4 Å². The molecule has 5 rings (SSSR count). The van der Waals surface area contributed by atoms with Crippen LogP contribution in [0.4, 0.5) is 0 Å². The summed E-state index contributed by atoms with van der Waals surface area (Å²) in [5, 5.41) is 14.4. The zero-order valence-corrected chi connectivity index (χ0v) is 19.0. The van der Waals surface area contributed by atoms with Gasteiger partial charge in [0, 0.05) is 23.7 Å². The molecule has 0 fully saturated rings. The van der Waals surface area contributed by atoms with Crippen molar-refractivity contribution in [3.8, 4) is 28.8 Å². The Balaban J connectivity index is 1.94. The van der Waals surface area contributed by atoms with Gasteiger partial charge in [-0.2, -0.15) is 5.26 Å². The van der Waals surface area contributed by atoms with Gasteiger partial charge in [0.15, 0.2) is 0 Å². The SMILES string of the molecule is COc1cc2c(cc1-c1c(C)noc1C)ncc1c2n(-c2ccc(C)cc2)c(=NC#N)n1C. The first kappa shape index (κ1) is 20.5. The lowest BCUT2D eigenvalue weighted by Gasteiger charge is -2.12. The van der Waals surface area contributed by atoms with Gasteiger partial charge in [0.2, 0.25) is 11.8 Å². The minimum absolute atomic E-state index is 0.513. The van der Waals surface area contributed by atoms with Gasteiger partial charge in [0.1, 0.15) is 11.5 Å². The number of hydrogen-bond donors (Lipinski definition) is 0. The number of hydrogen-bond acceptors (Lipinski definition) is 6. The van der Waals surface area contributed by atoms with Gasteiger partial charge in [-0.3, -0.25) is 9.55 Å². The van der Waals surface area contributed by atoms with Crippen LogP contribution in [-0.2, 0) is 7.05 Å². The fraction of sp³-hybridized carbons (Fsp3) is 0.200. The fourth-order valence-corrected chi connectivity index (χ4v) is 4.37. The van der Waals surface area contributed by atoms with E-state index in [9.17, 15) is 5.26 Å². The standard InChI is InChI=1S/C25H22N6O2/c1-14-6-8-17(9-7-14)31-24-18-11-22(32-5)19(23-15(2)29-33-16(23)3)10-20(18)27-12-21(24)30(4)25(31)28-13-26/h6-12H,1-5H3. The second-order valence-electron chi connectivity index (χ2n) is 8.00. The molecule has 164 valence electrons. The van der Waals surface area contributed by atoms with Gasteiger partial charge < -0.3 is 13.8 Å². The second kappa shape index (κ2) is 7.64. The van der Waals surface area contributed by atoms with E-state index >= 15 is 0 Å². The summed E-state index contributed by atoms with van der Waals surface area (Å²) in [6, 6.07) is 12.1. The zero-order chi connectivity index (χ0) is 23.3. The Morgan fingerprint density at radius 2 is 1.88 bits per heavy atom. The van der Waals surface area contributed by atoms with E-state index in [1.165, 1.54) is 0 Å². The highest BCUT2D eigenvalue weighted by Gasteiger charge is 2.21. The molecule has 0 atom stereocenters. The van der Waals surface area contributed by atoms with Crippen molar-refractivity contribution in [2.45, 2.75) is 20.8 Å². The van der Waals surface area contributed by atoms with Crippen LogP contribution in [-0.4, -0.2) is 26.4 Å². The summed E-state index contributed by atoms with van der Waals surface area (Å²) < 4.78 is 15.0. The molecule has 8 heteroatoms. The van der Waals surface area contributed by atoms with Gasteiger partial charge in [0.05, 0.1) is 41.1 Å². The molecule has 0 bridgehead atoms. The van der Waals surface area contributed by atoms with Gasteiger partial charge in [-0.1, -0.05) is 22.9 Å². The van der Waals surface area contributed by atoms with Crippen LogP contribution in [0.1, 0.15) is 17.0 Å². The van der Waals surface area contributed by atoms with Crippen LogP contribution in [0, 0.1) is 32.2 Å². The van der Waals surface area contributed by atoms with Gasteiger partial charge in [0.25, 0.3) is 0 Å². The second-order valence-corrected chi connectivity index (χ2v) is 8.00. The van der Waals surface area contributed by atoms with E-state index in [1.54, 1.807) is 7.11 Å². The highest BCUT2D eigenvalue weighted by molar-refractivity contribution is 6.05. The fourth-order valence-electron chi connectivity index (χ4n) is 4.37. The summed E-state index contributed by atoms with van der Waals surface area (Å²) >= 11 is 0. The maximum atomic E-state index is 9.38. The molecule has 3 heterocycles. The summed E-state index contributed by atoms with van der Waals surface area (Å²) in [5.41, 5.74) is 7.65. The van der Waals surface area contributed by atoms with Crippen LogP contribution in [0.15, 0.2) is 52.1 Å². The third-order valence-corrected chi connectivity index (χ3v) is 5.97. The first-order valence-electron chi connectivity index (χ1n) is 10.5. The van der Waals surface area contributed by atoms with E-state index in [-0.39, 0.29) is 0 Å². The average molecular weight is 438 g/mol. The highest BCUT2D eigenvalue weighted by Crippen LogP contribution is 2.39. The molecule has 8 nitrogen and oxygen atoms in total. The Bertz CT molecular complexity index is 1630. The van der Waals surface area contributed by atoms with E-state index in [0.717, 1.165) is 55.8 Å². The number of aryl methyl sites for hydroxylation is 4. The third kappa shape index (κ3) is 3.09. The number of imidazole rings is 1. The molecular weight excluding hydrogens is 416 g/mol. The highest BCUT2D eigenvalue weighted by atomic mass is 16.5. The Labute approximate surface area is 190 Å². The topological polar surface area (TPSA) is 94.2 Å². The van der Waals surface area contributed by atoms with Gasteiger partial charge in [-0.25, -0.2) is 0 Å². The predicted molar refractivity (Wildman–Crippen MR) is 125 cm³/mol. The van der Waals surface area contributed by atoms with Crippen molar-refractivity contribution >= 4 is 21.9 Å². The number of fused-ring (bicyclic) bond motifs is 3. The number of pyridine rings is 1. The lowest BCUT2D eigenvalue weighted by molar-refractivity contribution is 0.393. The molecule has 0 N–H and O–H groups in total. The van der Waals surface area contributed by atoms with Crippen LogP contribution >= 0.6 is 0 Å². The molecule has 0 amide bonds. The van der Waals surface area contributed by atoms with Gasteiger partial charge in [-0.05, 0) is 45.0 Å². The molecule has 3 aromatic heterocycles. The summed E-state index contributed by atoms with van der Waals surface area (Å²) in [4.78, 5) is 8.86. The average Bonchev–Trinajstić information content (AvgIpc) is 3.29. The zero-order valence-electron chi connectivity index (χ0n) is 19.0. The number of benzene rings is 2. The molecule has 0 aliphatic carbocycles. The molecule has 33 heavy (non-hydrogen) atoms. The first-order valence-corrected chi connectivity index (χ1v) is 10.5. The molecule has 0 unspecified atom stereocenters. The Kier molecular flexibility index (Phi) is 4.75. The summed E-state index contributed by atoms with van der Waals surface area (Å²) in [6.07, 6.45) is 3.75. The monoisotopic (exact) mass is 438 g/mol.